The van der Waals surface area contributed by atoms with Crippen molar-refractivity contribution in [3.63, 3.8) is 0 Å². The van der Waals surface area contributed by atoms with Crippen LogP contribution in [-0.2, 0) is 4.74 Å². The molecule has 1 aromatic carbocycles. The van der Waals surface area contributed by atoms with E-state index in [1.54, 1.807) is 6.07 Å². The molecule has 1 fully saturated rings. The first-order valence-corrected chi connectivity index (χ1v) is 6.73. The standard InChI is InChI=1S/C13H15Cl2NO3/c1-16-2-3-18-11(6-16)8-19-13-9(7-17)4-10(14)5-12(13)15/h4-5,7,11H,2-3,6,8H2,1H3. The molecule has 1 aliphatic rings. The first kappa shape index (κ1) is 14.6. The van der Waals surface area contributed by atoms with Crippen molar-refractivity contribution in [2.75, 3.05) is 33.4 Å². The van der Waals surface area contributed by atoms with Gasteiger partial charge in [0.1, 0.15) is 18.5 Å². The van der Waals surface area contributed by atoms with Crippen molar-refractivity contribution in [1.82, 2.24) is 4.90 Å². The summed E-state index contributed by atoms with van der Waals surface area (Å²) in [6, 6.07) is 3.09. The summed E-state index contributed by atoms with van der Waals surface area (Å²) >= 11 is 11.9. The van der Waals surface area contributed by atoms with Crippen molar-refractivity contribution in [2.24, 2.45) is 0 Å². The van der Waals surface area contributed by atoms with Crippen LogP contribution in [0.1, 0.15) is 10.4 Å². The van der Waals surface area contributed by atoms with Crippen LogP contribution in [0.5, 0.6) is 5.75 Å². The number of hydrogen-bond acceptors (Lipinski definition) is 4. The van der Waals surface area contributed by atoms with Gasteiger partial charge in [0.05, 0.1) is 17.2 Å². The number of carbonyl (C=O) groups is 1. The zero-order chi connectivity index (χ0) is 13.8. The second-order valence-corrected chi connectivity index (χ2v) is 5.33. The van der Waals surface area contributed by atoms with Gasteiger partial charge in [0.25, 0.3) is 0 Å². The fraction of sp³-hybridized carbons (Fsp3) is 0.462. The highest BCUT2D eigenvalue weighted by Gasteiger charge is 2.19. The molecule has 1 aliphatic heterocycles. The average molecular weight is 304 g/mol. The van der Waals surface area contributed by atoms with Gasteiger partial charge in [-0.15, -0.1) is 0 Å². The van der Waals surface area contributed by atoms with Crippen molar-refractivity contribution in [3.05, 3.63) is 27.7 Å². The van der Waals surface area contributed by atoms with Crippen LogP contribution in [0.25, 0.3) is 0 Å². The van der Waals surface area contributed by atoms with Gasteiger partial charge in [0.15, 0.2) is 6.29 Å². The summed E-state index contributed by atoms with van der Waals surface area (Å²) in [5.41, 5.74) is 0.349. The Kier molecular flexibility index (Phi) is 5.05. The van der Waals surface area contributed by atoms with Crippen LogP contribution in [0, 0.1) is 0 Å². The molecular formula is C13H15Cl2NO3. The first-order valence-electron chi connectivity index (χ1n) is 5.97. The molecule has 0 saturated carbocycles. The van der Waals surface area contributed by atoms with E-state index in [0.29, 0.717) is 40.9 Å². The molecule has 0 bridgehead atoms. The van der Waals surface area contributed by atoms with E-state index in [2.05, 4.69) is 4.90 Å². The Labute approximate surface area is 122 Å². The molecule has 104 valence electrons. The highest BCUT2D eigenvalue weighted by Crippen LogP contribution is 2.31. The Hall–Kier alpha value is -0.810. The highest BCUT2D eigenvalue weighted by atomic mass is 35.5. The number of ether oxygens (including phenoxy) is 2. The van der Waals surface area contributed by atoms with Gasteiger partial charge in [-0.3, -0.25) is 4.79 Å². The van der Waals surface area contributed by atoms with Crippen LogP contribution < -0.4 is 4.74 Å². The number of rotatable bonds is 4. The smallest absolute Gasteiger partial charge is 0.153 e. The summed E-state index contributed by atoms with van der Waals surface area (Å²) in [6.07, 6.45) is 0.658. The summed E-state index contributed by atoms with van der Waals surface area (Å²) in [5, 5.41) is 0.742. The lowest BCUT2D eigenvalue weighted by molar-refractivity contribution is -0.0403. The third kappa shape index (κ3) is 3.83. The summed E-state index contributed by atoms with van der Waals surface area (Å²) in [5.74, 6) is 0.359. The molecule has 0 amide bonds. The Morgan fingerprint density at radius 2 is 2.32 bits per heavy atom. The molecule has 2 rings (SSSR count). The predicted octanol–water partition coefficient (Wildman–Crippen LogP) is 2.52. The van der Waals surface area contributed by atoms with Crippen LogP contribution in [0.15, 0.2) is 12.1 Å². The van der Waals surface area contributed by atoms with E-state index in [9.17, 15) is 4.79 Å². The second kappa shape index (κ2) is 6.57. The molecule has 1 saturated heterocycles. The number of nitrogens with zero attached hydrogens (tertiary/aromatic N) is 1. The molecule has 1 atom stereocenters. The van der Waals surface area contributed by atoms with Crippen LogP contribution in [0.4, 0.5) is 0 Å². The summed E-state index contributed by atoms with van der Waals surface area (Å²) in [7, 11) is 2.03. The Bertz CT molecular complexity index is 467. The average Bonchev–Trinajstić information content (AvgIpc) is 2.37. The van der Waals surface area contributed by atoms with E-state index >= 15 is 0 Å². The lowest BCUT2D eigenvalue weighted by Gasteiger charge is -2.30. The van der Waals surface area contributed by atoms with Gasteiger partial charge < -0.3 is 14.4 Å². The molecule has 1 unspecified atom stereocenters. The fourth-order valence-corrected chi connectivity index (χ4v) is 2.53. The van der Waals surface area contributed by atoms with Crippen LogP contribution in [-0.4, -0.2) is 50.6 Å². The SMILES string of the molecule is CN1CCOC(COc2c(Cl)cc(Cl)cc2C=O)C1. The van der Waals surface area contributed by atoms with Gasteiger partial charge in [-0.25, -0.2) is 0 Å². The van der Waals surface area contributed by atoms with Crippen molar-refractivity contribution < 1.29 is 14.3 Å². The van der Waals surface area contributed by atoms with E-state index in [1.165, 1.54) is 6.07 Å². The molecular weight excluding hydrogens is 289 g/mol. The van der Waals surface area contributed by atoms with Crippen molar-refractivity contribution in [2.45, 2.75) is 6.10 Å². The molecule has 1 aromatic rings. The summed E-state index contributed by atoms with van der Waals surface area (Å²) in [4.78, 5) is 13.2. The number of halogens is 2. The highest BCUT2D eigenvalue weighted by molar-refractivity contribution is 6.36. The van der Waals surface area contributed by atoms with E-state index < -0.39 is 0 Å². The molecule has 0 aromatic heterocycles. The van der Waals surface area contributed by atoms with Gasteiger partial charge in [-0.05, 0) is 19.2 Å². The van der Waals surface area contributed by atoms with E-state index in [4.69, 9.17) is 32.7 Å². The Balaban J connectivity index is 2.04. The van der Waals surface area contributed by atoms with Crippen LogP contribution in [0.2, 0.25) is 10.0 Å². The maximum absolute atomic E-state index is 11.0. The number of carbonyl (C=O) groups excluding carboxylic acids is 1. The molecule has 0 N–H and O–H groups in total. The number of likely N-dealkylation sites (N-methyl/N-ethyl adjacent to an activating group) is 1. The van der Waals surface area contributed by atoms with Gasteiger partial charge >= 0.3 is 0 Å². The maximum atomic E-state index is 11.0. The van der Waals surface area contributed by atoms with Gasteiger partial charge in [0.2, 0.25) is 0 Å². The third-order valence-corrected chi connectivity index (χ3v) is 3.42. The van der Waals surface area contributed by atoms with Crippen molar-refractivity contribution in [1.29, 1.82) is 0 Å². The Morgan fingerprint density at radius 1 is 1.53 bits per heavy atom. The number of morpholine rings is 1. The first-order chi connectivity index (χ1) is 9.10. The number of benzene rings is 1. The maximum Gasteiger partial charge on any atom is 0.153 e. The molecule has 4 nitrogen and oxygen atoms in total. The molecule has 6 heteroatoms. The Morgan fingerprint density at radius 3 is 3.00 bits per heavy atom. The van der Waals surface area contributed by atoms with Gasteiger partial charge in [0, 0.05) is 18.1 Å². The fourth-order valence-electron chi connectivity index (χ4n) is 1.96. The molecule has 0 spiro atoms. The molecule has 0 aliphatic carbocycles. The molecule has 19 heavy (non-hydrogen) atoms. The number of hydrogen-bond donors (Lipinski definition) is 0. The lowest BCUT2D eigenvalue weighted by Crippen LogP contribution is -2.42. The zero-order valence-corrected chi connectivity index (χ0v) is 12.1. The normalized spacial score (nSPS) is 20.3. The topological polar surface area (TPSA) is 38.8 Å². The van der Waals surface area contributed by atoms with Crippen LogP contribution >= 0.6 is 23.2 Å². The predicted molar refractivity (Wildman–Crippen MR) is 74.6 cm³/mol. The monoisotopic (exact) mass is 303 g/mol. The lowest BCUT2D eigenvalue weighted by atomic mass is 10.2. The van der Waals surface area contributed by atoms with Crippen molar-refractivity contribution >= 4 is 29.5 Å². The minimum absolute atomic E-state index is 0.0232. The van der Waals surface area contributed by atoms with E-state index in [-0.39, 0.29) is 6.10 Å². The second-order valence-electron chi connectivity index (χ2n) is 4.49. The van der Waals surface area contributed by atoms with E-state index in [0.717, 1.165) is 13.1 Å². The minimum Gasteiger partial charge on any atom is -0.489 e. The number of aldehydes is 1. The third-order valence-electron chi connectivity index (χ3n) is 2.92. The van der Waals surface area contributed by atoms with Crippen molar-refractivity contribution in [3.8, 4) is 5.75 Å². The van der Waals surface area contributed by atoms with Gasteiger partial charge in [-0.1, -0.05) is 23.2 Å². The molecule has 0 radical (unpaired) electrons. The largest absolute Gasteiger partial charge is 0.489 e. The minimum atomic E-state index is -0.0232. The summed E-state index contributed by atoms with van der Waals surface area (Å²) in [6.45, 7) is 2.74. The van der Waals surface area contributed by atoms with E-state index in [1.807, 2.05) is 7.05 Å². The zero-order valence-electron chi connectivity index (χ0n) is 10.6. The van der Waals surface area contributed by atoms with Crippen LogP contribution in [0.3, 0.4) is 0 Å². The molecule has 1 heterocycles. The quantitative estimate of drug-likeness (QED) is 0.801. The van der Waals surface area contributed by atoms with Gasteiger partial charge in [-0.2, -0.15) is 0 Å². The summed E-state index contributed by atoms with van der Waals surface area (Å²) < 4.78 is 11.2.